The second-order valence-electron chi connectivity index (χ2n) is 3.05. The fraction of sp³-hybridized carbons (Fsp3) is 0.333. The molecule has 0 heterocycles. The third kappa shape index (κ3) is 3.79. The van der Waals surface area contributed by atoms with Crippen molar-refractivity contribution in [3.8, 4) is 0 Å². The van der Waals surface area contributed by atoms with Gasteiger partial charge in [0.25, 0.3) is 0 Å². The number of sulfonamides is 1. The van der Waals surface area contributed by atoms with Gasteiger partial charge in [0.05, 0.1) is 10.2 Å². The van der Waals surface area contributed by atoms with Gasteiger partial charge >= 0.3 is 0 Å². The number of hydrogen-bond acceptors (Lipinski definition) is 2. The lowest BCUT2D eigenvalue weighted by Gasteiger charge is -2.07. The van der Waals surface area contributed by atoms with Crippen LogP contribution in [0.3, 0.4) is 0 Å². The van der Waals surface area contributed by atoms with Crippen LogP contribution in [0.5, 0.6) is 0 Å². The molecule has 1 aromatic rings. The van der Waals surface area contributed by atoms with E-state index in [1.807, 2.05) is 0 Å². The molecule has 0 aliphatic heterocycles. The molecule has 0 fully saturated rings. The highest BCUT2D eigenvalue weighted by Crippen LogP contribution is 2.20. The van der Waals surface area contributed by atoms with Gasteiger partial charge in [0.2, 0.25) is 10.0 Å². The van der Waals surface area contributed by atoms with Crippen molar-refractivity contribution in [3.63, 3.8) is 0 Å². The Kier molecular flexibility index (Phi) is 4.10. The largest absolute Gasteiger partial charge is 0.284 e. The van der Waals surface area contributed by atoms with E-state index in [4.69, 9.17) is 0 Å². The van der Waals surface area contributed by atoms with Crippen LogP contribution < -0.4 is 4.72 Å². The molecule has 3 nitrogen and oxygen atoms in total. The zero-order valence-electron chi connectivity index (χ0n) is 8.13. The predicted molar refractivity (Wildman–Crippen MR) is 61.8 cm³/mol. The lowest BCUT2D eigenvalue weighted by Crippen LogP contribution is -2.16. The van der Waals surface area contributed by atoms with Crippen molar-refractivity contribution in [1.29, 1.82) is 0 Å². The van der Waals surface area contributed by atoms with Gasteiger partial charge in [-0.3, -0.25) is 4.72 Å². The summed E-state index contributed by atoms with van der Waals surface area (Å²) in [6, 6.07) is 3.98. The van der Waals surface area contributed by atoms with Crippen LogP contribution in [0.1, 0.15) is 13.3 Å². The Morgan fingerprint density at radius 2 is 2.13 bits per heavy atom. The molecule has 0 aromatic heterocycles. The second kappa shape index (κ2) is 4.94. The number of nitrogens with one attached hydrogen (secondary N) is 1. The van der Waals surface area contributed by atoms with Gasteiger partial charge in [-0.1, -0.05) is 6.92 Å². The molecule has 84 valence electrons. The lowest BCUT2D eigenvalue weighted by molar-refractivity contribution is 0.599. The summed E-state index contributed by atoms with van der Waals surface area (Å²) in [7, 11) is -3.31. The van der Waals surface area contributed by atoms with E-state index in [0.29, 0.717) is 12.1 Å². The summed E-state index contributed by atoms with van der Waals surface area (Å²) in [5, 5.41) is 0. The summed E-state index contributed by atoms with van der Waals surface area (Å²) < 4.78 is 38.2. The normalized spacial score (nSPS) is 11.4. The smallest absolute Gasteiger partial charge is 0.232 e. The number of halogens is 2. The minimum Gasteiger partial charge on any atom is -0.284 e. The summed E-state index contributed by atoms with van der Waals surface area (Å²) in [4.78, 5) is 0. The standard InChI is InChI=1S/C9H11BrFNO2S/c1-2-5-15(13,14)12-7-3-4-9(11)8(10)6-7/h3-4,6,12H,2,5H2,1H3. The van der Waals surface area contributed by atoms with E-state index in [1.54, 1.807) is 6.92 Å². The molecule has 0 spiro atoms. The Morgan fingerprint density at radius 3 is 2.67 bits per heavy atom. The maximum atomic E-state index is 12.9. The topological polar surface area (TPSA) is 46.2 Å². The van der Waals surface area contributed by atoms with Crippen molar-refractivity contribution in [2.75, 3.05) is 10.5 Å². The molecule has 0 saturated carbocycles. The van der Waals surface area contributed by atoms with Gasteiger partial charge in [0, 0.05) is 5.69 Å². The third-order valence-electron chi connectivity index (χ3n) is 1.67. The first kappa shape index (κ1) is 12.4. The molecular formula is C9H11BrFNO2S. The van der Waals surface area contributed by atoms with Crippen molar-refractivity contribution in [3.05, 3.63) is 28.5 Å². The molecule has 0 atom stereocenters. The molecule has 6 heteroatoms. The Labute approximate surface area is 96.9 Å². The van der Waals surface area contributed by atoms with Gasteiger partial charge in [0.15, 0.2) is 0 Å². The third-order valence-corrected chi connectivity index (χ3v) is 3.77. The molecule has 1 rings (SSSR count). The number of rotatable bonds is 4. The Morgan fingerprint density at radius 1 is 1.47 bits per heavy atom. The molecule has 0 amide bonds. The average molecular weight is 296 g/mol. The van der Waals surface area contributed by atoms with E-state index in [1.165, 1.54) is 18.2 Å². The van der Waals surface area contributed by atoms with Crippen molar-refractivity contribution in [1.82, 2.24) is 0 Å². The van der Waals surface area contributed by atoms with Gasteiger partial charge < -0.3 is 0 Å². The van der Waals surface area contributed by atoms with Crippen molar-refractivity contribution in [2.45, 2.75) is 13.3 Å². The highest BCUT2D eigenvalue weighted by atomic mass is 79.9. The fourth-order valence-electron chi connectivity index (χ4n) is 1.06. The van der Waals surface area contributed by atoms with Crippen molar-refractivity contribution < 1.29 is 12.8 Å². The van der Waals surface area contributed by atoms with Crippen molar-refractivity contribution >= 4 is 31.6 Å². The van der Waals surface area contributed by atoms with E-state index in [9.17, 15) is 12.8 Å². The van der Waals surface area contributed by atoms with Crippen LogP contribution in [0.4, 0.5) is 10.1 Å². The fourth-order valence-corrected chi connectivity index (χ4v) is 2.56. The summed E-state index contributed by atoms with van der Waals surface area (Å²) >= 11 is 2.98. The van der Waals surface area contributed by atoms with Gasteiger partial charge in [-0.2, -0.15) is 0 Å². The van der Waals surface area contributed by atoms with Gasteiger partial charge in [-0.25, -0.2) is 12.8 Å². The van der Waals surface area contributed by atoms with Crippen LogP contribution >= 0.6 is 15.9 Å². The number of anilines is 1. The maximum Gasteiger partial charge on any atom is 0.232 e. The Hall–Kier alpha value is -0.620. The van der Waals surface area contributed by atoms with E-state index in [0.717, 1.165) is 0 Å². The van der Waals surface area contributed by atoms with E-state index in [-0.39, 0.29) is 10.2 Å². The molecule has 0 saturated heterocycles. The van der Waals surface area contributed by atoms with Crippen LogP contribution in [0.25, 0.3) is 0 Å². The van der Waals surface area contributed by atoms with Crippen LogP contribution in [0.2, 0.25) is 0 Å². The number of hydrogen-bond donors (Lipinski definition) is 1. The van der Waals surface area contributed by atoms with Gasteiger partial charge in [-0.05, 0) is 40.5 Å². The van der Waals surface area contributed by atoms with Crippen LogP contribution in [-0.4, -0.2) is 14.2 Å². The molecule has 0 radical (unpaired) electrons. The summed E-state index contributed by atoms with van der Waals surface area (Å²) in [6.07, 6.45) is 0.539. The maximum absolute atomic E-state index is 12.9. The highest BCUT2D eigenvalue weighted by Gasteiger charge is 2.09. The van der Waals surface area contributed by atoms with Gasteiger partial charge in [-0.15, -0.1) is 0 Å². The monoisotopic (exact) mass is 295 g/mol. The predicted octanol–water partition coefficient (Wildman–Crippen LogP) is 2.74. The molecule has 0 unspecified atom stereocenters. The van der Waals surface area contributed by atoms with Crippen LogP contribution in [-0.2, 0) is 10.0 Å². The molecule has 0 aliphatic carbocycles. The van der Waals surface area contributed by atoms with E-state index in [2.05, 4.69) is 20.7 Å². The van der Waals surface area contributed by atoms with E-state index >= 15 is 0 Å². The zero-order chi connectivity index (χ0) is 11.5. The first-order valence-electron chi connectivity index (χ1n) is 4.40. The first-order valence-corrected chi connectivity index (χ1v) is 6.84. The molecule has 1 aromatic carbocycles. The summed E-state index contributed by atoms with van der Waals surface area (Å²) in [6.45, 7) is 1.78. The van der Waals surface area contributed by atoms with Crippen LogP contribution in [0.15, 0.2) is 22.7 Å². The molecule has 15 heavy (non-hydrogen) atoms. The summed E-state index contributed by atoms with van der Waals surface area (Å²) in [5.74, 6) is -0.365. The van der Waals surface area contributed by atoms with Gasteiger partial charge in [0.1, 0.15) is 5.82 Å². The quantitative estimate of drug-likeness (QED) is 0.928. The highest BCUT2D eigenvalue weighted by molar-refractivity contribution is 9.10. The number of benzene rings is 1. The molecule has 0 bridgehead atoms. The Bertz CT molecular complexity index is 447. The molecule has 1 N–H and O–H groups in total. The second-order valence-corrected chi connectivity index (χ2v) is 5.75. The minimum absolute atomic E-state index is 0.0575. The molecule has 0 aliphatic rings. The zero-order valence-corrected chi connectivity index (χ0v) is 10.5. The SMILES string of the molecule is CCCS(=O)(=O)Nc1ccc(F)c(Br)c1. The molecular weight excluding hydrogens is 285 g/mol. The average Bonchev–Trinajstić information content (AvgIpc) is 2.10. The first-order chi connectivity index (χ1) is 6.94. The minimum atomic E-state index is -3.31. The summed E-state index contributed by atoms with van der Waals surface area (Å²) in [5.41, 5.74) is 0.358. The van der Waals surface area contributed by atoms with E-state index < -0.39 is 15.8 Å². The Balaban J connectivity index is 2.86. The van der Waals surface area contributed by atoms with Crippen LogP contribution in [0, 0.1) is 5.82 Å². The lowest BCUT2D eigenvalue weighted by atomic mass is 10.3. The van der Waals surface area contributed by atoms with Crippen molar-refractivity contribution in [2.24, 2.45) is 0 Å².